The maximum atomic E-state index is 12.2. The number of nitrogens with two attached hydrogens (primary N) is 1. The van der Waals surface area contributed by atoms with Gasteiger partial charge in [0.2, 0.25) is 11.8 Å². The van der Waals surface area contributed by atoms with Crippen molar-refractivity contribution in [2.75, 3.05) is 6.61 Å². The number of carbonyl (C=O) groups is 2. The van der Waals surface area contributed by atoms with Gasteiger partial charge in [-0.1, -0.05) is 61.7 Å². The second-order valence-electron chi connectivity index (χ2n) is 8.35. The minimum atomic E-state index is -1.17. The lowest BCUT2D eigenvalue weighted by atomic mass is 9.95. The van der Waals surface area contributed by atoms with Crippen molar-refractivity contribution in [3.63, 3.8) is 0 Å². The monoisotopic (exact) mass is 526 g/mol. The topological polar surface area (TPSA) is 140 Å². The molecule has 2 aromatic rings. The lowest BCUT2D eigenvalue weighted by Crippen LogP contribution is -2.38. The summed E-state index contributed by atoms with van der Waals surface area (Å²) in [6.45, 7) is 6.05. The highest BCUT2D eigenvalue weighted by Crippen LogP contribution is 2.18. The number of aromatic carboxylic acids is 1. The Bertz CT molecular complexity index is 1000. The molecule has 5 N–H and O–H groups in total. The molecule has 0 bridgehead atoms. The van der Waals surface area contributed by atoms with E-state index in [0.717, 1.165) is 36.8 Å². The predicted octanol–water partition coefficient (Wildman–Crippen LogP) is 4.28. The van der Waals surface area contributed by atoms with E-state index in [1.807, 2.05) is 56.3 Å². The molecule has 0 radical (unpaired) electrons. The molecule has 0 aliphatic heterocycles. The summed E-state index contributed by atoms with van der Waals surface area (Å²) in [5.41, 5.74) is 6.98. The van der Waals surface area contributed by atoms with Gasteiger partial charge in [-0.15, -0.1) is 12.8 Å². The second kappa shape index (κ2) is 21.1. The number of nitrogens with zero attached hydrogens (tertiary/aromatic N) is 2. The number of nitrogens with one attached hydrogen (secondary N) is 1. The summed E-state index contributed by atoms with van der Waals surface area (Å²) in [6, 6.07) is 11.0. The zero-order valence-electron chi connectivity index (χ0n) is 22.7. The van der Waals surface area contributed by atoms with Crippen molar-refractivity contribution >= 4 is 11.9 Å². The average molecular weight is 527 g/mol. The Labute approximate surface area is 226 Å². The Kier molecular flexibility index (Phi) is 18.9. The molecule has 208 valence electrons. The second-order valence-corrected chi connectivity index (χ2v) is 8.35. The van der Waals surface area contributed by atoms with E-state index in [1.54, 1.807) is 6.92 Å². The number of allylic oxidation sites excluding steroid dienone is 2. The van der Waals surface area contributed by atoms with Crippen LogP contribution in [0, 0.1) is 12.8 Å². The molecule has 1 aliphatic carbocycles. The summed E-state index contributed by atoms with van der Waals surface area (Å²) < 4.78 is 6.79. The smallest absolute Gasteiger partial charge is 0.356 e. The minimum absolute atomic E-state index is 0.0789. The Morgan fingerprint density at radius 3 is 2.24 bits per heavy atom. The molecule has 1 aromatic carbocycles. The van der Waals surface area contributed by atoms with Crippen molar-refractivity contribution < 1.29 is 24.5 Å². The standard InChI is InChI=1S/C16H24N4O4.C7H8O.C4H8.C2H2/c1-11(8-17)10-24-15-7-13(16(22)23)19-20(15)9-14(21)18-12-5-3-2-4-6-12;8-6-7-4-2-1-3-5-7;1-3-4-2;1-2/h7-8,12H,2-6,9-10,17H2,1H3,(H,18,21)(H,22,23);1-5,8H,6H2;3-4H,1-2H3;1-2H/b11-8+;;4-3-;. The van der Waals surface area contributed by atoms with Crippen LogP contribution >= 0.6 is 0 Å². The fourth-order valence-corrected chi connectivity index (χ4v) is 3.21. The van der Waals surface area contributed by atoms with Gasteiger partial charge in [-0.2, -0.15) is 5.10 Å². The highest BCUT2D eigenvalue weighted by molar-refractivity contribution is 5.85. The van der Waals surface area contributed by atoms with Crippen LogP contribution in [0.15, 0.2) is 60.3 Å². The van der Waals surface area contributed by atoms with Gasteiger partial charge < -0.3 is 26.0 Å². The Hall–Kier alpha value is -4.03. The molecule has 9 heteroatoms. The molecular weight excluding hydrogens is 484 g/mol. The minimum Gasteiger partial charge on any atom is -0.476 e. The summed E-state index contributed by atoms with van der Waals surface area (Å²) in [5.74, 6) is -1.14. The van der Waals surface area contributed by atoms with E-state index in [4.69, 9.17) is 20.7 Å². The number of amides is 1. The number of benzene rings is 1. The van der Waals surface area contributed by atoms with Gasteiger partial charge in [0.1, 0.15) is 13.2 Å². The first-order valence-corrected chi connectivity index (χ1v) is 12.5. The fraction of sp³-hybridized carbons (Fsp3) is 0.414. The molecule has 0 atom stereocenters. The molecule has 9 nitrogen and oxygen atoms in total. The van der Waals surface area contributed by atoms with Gasteiger partial charge in [-0.05, 0) is 50.9 Å². The number of carboxylic acids is 1. The maximum absolute atomic E-state index is 12.2. The van der Waals surface area contributed by atoms with Gasteiger partial charge in [-0.25, -0.2) is 9.48 Å². The van der Waals surface area contributed by atoms with Crippen molar-refractivity contribution in [3.05, 3.63) is 71.6 Å². The van der Waals surface area contributed by atoms with Crippen LogP contribution in [0.2, 0.25) is 0 Å². The van der Waals surface area contributed by atoms with Crippen molar-refractivity contribution in [2.24, 2.45) is 5.73 Å². The van der Waals surface area contributed by atoms with E-state index < -0.39 is 5.97 Å². The first kappa shape index (κ1) is 34.0. The van der Waals surface area contributed by atoms with E-state index in [2.05, 4.69) is 23.3 Å². The molecule has 1 amide bonds. The highest BCUT2D eigenvalue weighted by atomic mass is 16.5. The van der Waals surface area contributed by atoms with Crippen LogP contribution in [0.4, 0.5) is 0 Å². The first-order valence-electron chi connectivity index (χ1n) is 12.5. The van der Waals surface area contributed by atoms with Gasteiger partial charge in [0.25, 0.3) is 0 Å². The van der Waals surface area contributed by atoms with Gasteiger partial charge in [0.15, 0.2) is 5.69 Å². The number of aliphatic hydroxyl groups excluding tert-OH is 1. The Morgan fingerprint density at radius 2 is 1.76 bits per heavy atom. The summed E-state index contributed by atoms with van der Waals surface area (Å²) >= 11 is 0. The highest BCUT2D eigenvalue weighted by Gasteiger charge is 2.19. The molecule has 0 unspecified atom stereocenters. The third kappa shape index (κ3) is 14.5. The van der Waals surface area contributed by atoms with E-state index in [1.165, 1.54) is 23.4 Å². The van der Waals surface area contributed by atoms with Gasteiger partial charge in [-0.3, -0.25) is 4.79 Å². The third-order valence-corrected chi connectivity index (χ3v) is 5.32. The van der Waals surface area contributed by atoms with Crippen LogP contribution < -0.4 is 15.8 Å². The molecular formula is C29H42N4O5. The van der Waals surface area contributed by atoms with Gasteiger partial charge >= 0.3 is 5.97 Å². The van der Waals surface area contributed by atoms with Crippen LogP contribution in [0.3, 0.4) is 0 Å². The molecule has 38 heavy (non-hydrogen) atoms. The predicted molar refractivity (Wildman–Crippen MR) is 150 cm³/mol. The molecule has 1 aromatic heterocycles. The summed E-state index contributed by atoms with van der Waals surface area (Å²) in [6.07, 6.45) is 18.8. The van der Waals surface area contributed by atoms with Crippen molar-refractivity contribution in [2.45, 2.75) is 72.1 Å². The molecule has 1 heterocycles. The third-order valence-electron chi connectivity index (χ3n) is 5.32. The van der Waals surface area contributed by atoms with Crippen LogP contribution in [0.1, 0.15) is 68.9 Å². The number of carboxylic acid groups (broad SMARTS) is 1. The molecule has 1 saturated carbocycles. The van der Waals surface area contributed by atoms with Crippen LogP contribution in [0.25, 0.3) is 0 Å². The normalized spacial score (nSPS) is 13.1. The first-order chi connectivity index (χ1) is 18.3. The zero-order chi connectivity index (χ0) is 28.8. The zero-order valence-corrected chi connectivity index (χ0v) is 22.7. The van der Waals surface area contributed by atoms with E-state index in [9.17, 15) is 9.59 Å². The molecule has 1 fully saturated rings. The van der Waals surface area contributed by atoms with Crippen molar-refractivity contribution in [1.29, 1.82) is 0 Å². The number of aromatic nitrogens is 2. The number of carbonyl (C=O) groups excluding carboxylic acids is 1. The van der Waals surface area contributed by atoms with Crippen molar-refractivity contribution in [1.82, 2.24) is 15.1 Å². The molecule has 0 saturated heterocycles. The van der Waals surface area contributed by atoms with Crippen molar-refractivity contribution in [3.8, 4) is 18.7 Å². The quantitative estimate of drug-likeness (QED) is 0.297. The molecule has 3 rings (SSSR count). The number of rotatable bonds is 8. The fourth-order valence-electron chi connectivity index (χ4n) is 3.21. The summed E-state index contributed by atoms with van der Waals surface area (Å²) in [5, 5.41) is 24.5. The summed E-state index contributed by atoms with van der Waals surface area (Å²) in [7, 11) is 0. The van der Waals surface area contributed by atoms with E-state index in [-0.39, 0.29) is 43.3 Å². The number of aliphatic hydroxyl groups is 1. The number of ether oxygens (including phenoxy) is 1. The van der Waals surface area contributed by atoms with Gasteiger partial charge in [0, 0.05) is 12.1 Å². The SMILES string of the molecule is C#C.C/C(=C\N)COc1cc(C(=O)O)nn1CC(=O)NC1CCCCC1.C/C=C\C.OCc1ccccc1. The molecule has 1 aliphatic rings. The average Bonchev–Trinajstić information content (AvgIpc) is 3.36. The Balaban J connectivity index is 0.000000802. The lowest BCUT2D eigenvalue weighted by molar-refractivity contribution is -0.122. The number of terminal acetylenes is 1. The van der Waals surface area contributed by atoms with Crippen LogP contribution in [-0.4, -0.2) is 44.5 Å². The largest absolute Gasteiger partial charge is 0.476 e. The Morgan fingerprint density at radius 1 is 1.16 bits per heavy atom. The number of hydrogen-bond acceptors (Lipinski definition) is 6. The van der Waals surface area contributed by atoms with Gasteiger partial charge in [0.05, 0.1) is 6.61 Å². The molecule has 0 spiro atoms. The van der Waals surface area contributed by atoms with E-state index >= 15 is 0 Å². The summed E-state index contributed by atoms with van der Waals surface area (Å²) in [4.78, 5) is 23.3. The number of hydrogen-bond donors (Lipinski definition) is 4. The maximum Gasteiger partial charge on any atom is 0.356 e. The van der Waals surface area contributed by atoms with Crippen LogP contribution in [-0.2, 0) is 17.9 Å². The lowest BCUT2D eigenvalue weighted by Gasteiger charge is -2.22. The van der Waals surface area contributed by atoms with E-state index in [0.29, 0.717) is 0 Å². The van der Waals surface area contributed by atoms with Crippen LogP contribution in [0.5, 0.6) is 5.88 Å².